The highest BCUT2D eigenvalue weighted by Crippen LogP contribution is 2.33. The number of fused-ring (bicyclic) bond motifs is 1. The smallest absolute Gasteiger partial charge is 0.250 e. The fraction of sp³-hybridized carbons (Fsp3) is 0.267. The van der Waals surface area contributed by atoms with Crippen LogP contribution in [0.2, 0.25) is 0 Å². The van der Waals surface area contributed by atoms with E-state index in [1.54, 1.807) is 11.9 Å². The third kappa shape index (κ3) is 1.63. The molecular formula is C15H15NO2. The Kier molecular flexibility index (Phi) is 2.47. The number of carbonyl (C=O) groups excluding carboxylic acids is 1. The summed E-state index contributed by atoms with van der Waals surface area (Å²) < 4.78 is 0. The number of aliphatic hydroxyl groups excluding tert-OH is 1. The van der Waals surface area contributed by atoms with E-state index in [1.807, 2.05) is 12.1 Å². The highest BCUT2D eigenvalue weighted by molar-refractivity contribution is 5.91. The van der Waals surface area contributed by atoms with Gasteiger partial charge in [0, 0.05) is 19.5 Å². The summed E-state index contributed by atoms with van der Waals surface area (Å²) in [7, 11) is 1.73. The molecule has 18 heavy (non-hydrogen) atoms. The molecule has 2 aliphatic rings. The highest BCUT2D eigenvalue weighted by atomic mass is 16.3. The van der Waals surface area contributed by atoms with Crippen LogP contribution in [-0.4, -0.2) is 29.0 Å². The van der Waals surface area contributed by atoms with Gasteiger partial charge in [0.2, 0.25) is 5.91 Å². The van der Waals surface area contributed by atoms with E-state index >= 15 is 0 Å². The van der Waals surface area contributed by atoms with E-state index in [0.29, 0.717) is 6.42 Å². The third-order valence-electron chi connectivity index (χ3n) is 3.77. The van der Waals surface area contributed by atoms with Crippen molar-refractivity contribution in [3.8, 4) is 0 Å². The van der Waals surface area contributed by atoms with E-state index < -0.39 is 0 Å². The number of rotatable bonds is 2. The van der Waals surface area contributed by atoms with Crippen LogP contribution < -0.4 is 0 Å². The lowest BCUT2D eigenvalue weighted by Gasteiger charge is -2.21. The first-order valence-corrected chi connectivity index (χ1v) is 6.11. The number of amides is 1. The van der Waals surface area contributed by atoms with Crippen molar-refractivity contribution in [1.82, 2.24) is 4.90 Å². The molecule has 0 spiro atoms. The van der Waals surface area contributed by atoms with E-state index in [2.05, 4.69) is 18.2 Å². The van der Waals surface area contributed by atoms with Crippen LogP contribution in [0.1, 0.15) is 17.5 Å². The van der Waals surface area contributed by atoms with Gasteiger partial charge in [-0.05, 0) is 23.1 Å². The zero-order valence-electron chi connectivity index (χ0n) is 10.3. The quantitative estimate of drug-likeness (QED) is 0.863. The molecule has 0 saturated carbocycles. The van der Waals surface area contributed by atoms with Crippen LogP contribution in [0.25, 0.3) is 5.57 Å². The van der Waals surface area contributed by atoms with Gasteiger partial charge in [0.05, 0.1) is 6.04 Å². The molecule has 3 heteroatoms. The SMILES string of the molecule is CN1C(=O)C=C(O)[C@H]1CC1=CCc2ccccc21. The monoisotopic (exact) mass is 241 g/mol. The molecule has 3 nitrogen and oxygen atoms in total. The third-order valence-corrected chi connectivity index (χ3v) is 3.77. The molecule has 0 bridgehead atoms. The number of benzene rings is 1. The Balaban J connectivity index is 1.84. The van der Waals surface area contributed by atoms with Crippen molar-refractivity contribution in [3.63, 3.8) is 0 Å². The minimum Gasteiger partial charge on any atom is -0.510 e. The van der Waals surface area contributed by atoms with Crippen molar-refractivity contribution in [2.24, 2.45) is 0 Å². The van der Waals surface area contributed by atoms with Crippen molar-refractivity contribution in [1.29, 1.82) is 0 Å². The predicted molar refractivity (Wildman–Crippen MR) is 70.0 cm³/mol. The molecule has 1 aliphatic heterocycles. The number of carbonyl (C=O) groups is 1. The minimum atomic E-state index is -0.213. The van der Waals surface area contributed by atoms with Gasteiger partial charge in [-0.3, -0.25) is 4.79 Å². The summed E-state index contributed by atoms with van der Waals surface area (Å²) in [4.78, 5) is 13.1. The van der Waals surface area contributed by atoms with E-state index in [-0.39, 0.29) is 17.7 Å². The Morgan fingerprint density at radius 1 is 1.39 bits per heavy atom. The Morgan fingerprint density at radius 3 is 2.89 bits per heavy atom. The summed E-state index contributed by atoms with van der Waals surface area (Å²) in [6.45, 7) is 0. The number of nitrogens with zero attached hydrogens (tertiary/aromatic N) is 1. The zero-order chi connectivity index (χ0) is 12.7. The van der Waals surface area contributed by atoms with Crippen LogP contribution in [0.15, 0.2) is 42.2 Å². The van der Waals surface area contributed by atoms with Crippen molar-refractivity contribution in [2.45, 2.75) is 18.9 Å². The maximum atomic E-state index is 11.5. The Labute approximate surface area is 106 Å². The number of aliphatic hydroxyl groups is 1. The molecule has 0 aromatic heterocycles. The molecule has 0 radical (unpaired) electrons. The van der Waals surface area contributed by atoms with Gasteiger partial charge in [0.25, 0.3) is 0 Å². The first-order chi connectivity index (χ1) is 8.66. The Bertz CT molecular complexity index is 572. The fourth-order valence-electron chi connectivity index (χ4n) is 2.67. The van der Waals surface area contributed by atoms with Crippen molar-refractivity contribution in [3.05, 3.63) is 53.3 Å². The second-order valence-electron chi connectivity index (χ2n) is 4.83. The number of hydrogen-bond donors (Lipinski definition) is 1. The molecule has 0 saturated heterocycles. The predicted octanol–water partition coefficient (Wildman–Crippen LogP) is 2.30. The summed E-state index contributed by atoms with van der Waals surface area (Å²) >= 11 is 0. The number of allylic oxidation sites excluding steroid dienone is 1. The first kappa shape index (κ1) is 11.1. The molecule has 92 valence electrons. The van der Waals surface area contributed by atoms with Gasteiger partial charge in [-0.25, -0.2) is 0 Å². The van der Waals surface area contributed by atoms with Gasteiger partial charge in [0.1, 0.15) is 5.76 Å². The van der Waals surface area contributed by atoms with Gasteiger partial charge in [0.15, 0.2) is 0 Å². The van der Waals surface area contributed by atoms with Crippen LogP contribution in [0, 0.1) is 0 Å². The standard InChI is InChI=1S/C15H15NO2/c1-16-13(14(17)9-15(16)18)8-11-7-6-10-4-2-3-5-12(10)11/h2-5,7,9,13,17H,6,8H2,1H3/t13-/m1/s1. The molecule has 1 aromatic rings. The van der Waals surface area contributed by atoms with Crippen molar-refractivity contribution >= 4 is 11.5 Å². The summed E-state index contributed by atoms with van der Waals surface area (Å²) in [5.74, 6) is 0.0529. The molecule has 0 unspecified atom stereocenters. The molecule has 1 heterocycles. The topological polar surface area (TPSA) is 40.5 Å². The van der Waals surface area contributed by atoms with Gasteiger partial charge < -0.3 is 10.0 Å². The van der Waals surface area contributed by atoms with Crippen LogP contribution >= 0.6 is 0 Å². The number of hydrogen-bond acceptors (Lipinski definition) is 2. The van der Waals surface area contributed by atoms with E-state index in [1.165, 1.54) is 22.8 Å². The molecule has 3 rings (SSSR count). The summed E-state index contributed by atoms with van der Waals surface area (Å²) in [6.07, 6.45) is 5.13. The molecule has 1 N–H and O–H groups in total. The van der Waals surface area contributed by atoms with Crippen LogP contribution in [0.4, 0.5) is 0 Å². The lowest BCUT2D eigenvalue weighted by atomic mass is 9.99. The first-order valence-electron chi connectivity index (χ1n) is 6.11. The van der Waals surface area contributed by atoms with Gasteiger partial charge in [-0.15, -0.1) is 0 Å². The molecule has 1 amide bonds. The van der Waals surface area contributed by atoms with Crippen LogP contribution in [0.3, 0.4) is 0 Å². The molecular weight excluding hydrogens is 226 g/mol. The summed E-state index contributed by atoms with van der Waals surface area (Å²) in [5.41, 5.74) is 3.79. The number of likely N-dealkylation sites (N-methyl/N-ethyl adjacent to an activating group) is 1. The molecule has 1 aromatic carbocycles. The van der Waals surface area contributed by atoms with Gasteiger partial charge in [-0.1, -0.05) is 30.3 Å². The van der Waals surface area contributed by atoms with Crippen LogP contribution in [-0.2, 0) is 11.2 Å². The fourth-order valence-corrected chi connectivity index (χ4v) is 2.67. The second-order valence-corrected chi connectivity index (χ2v) is 4.83. The summed E-state index contributed by atoms with van der Waals surface area (Å²) in [5, 5.41) is 9.81. The molecule has 1 atom stereocenters. The second kappa shape index (κ2) is 4.02. The van der Waals surface area contributed by atoms with Gasteiger partial charge in [-0.2, -0.15) is 0 Å². The largest absolute Gasteiger partial charge is 0.510 e. The molecule has 1 aliphatic carbocycles. The maximum Gasteiger partial charge on any atom is 0.250 e. The van der Waals surface area contributed by atoms with Gasteiger partial charge >= 0.3 is 0 Å². The summed E-state index contributed by atoms with van der Waals surface area (Å²) in [6, 6.07) is 8.08. The van der Waals surface area contributed by atoms with E-state index in [4.69, 9.17) is 0 Å². The average molecular weight is 241 g/mol. The lowest BCUT2D eigenvalue weighted by Crippen LogP contribution is -2.31. The van der Waals surface area contributed by atoms with E-state index in [9.17, 15) is 9.90 Å². The van der Waals surface area contributed by atoms with Crippen molar-refractivity contribution in [2.75, 3.05) is 7.05 Å². The highest BCUT2D eigenvalue weighted by Gasteiger charge is 2.31. The average Bonchev–Trinajstić information content (AvgIpc) is 2.87. The molecule has 0 fully saturated rings. The van der Waals surface area contributed by atoms with E-state index in [0.717, 1.165) is 6.42 Å². The Morgan fingerprint density at radius 2 is 2.17 bits per heavy atom. The lowest BCUT2D eigenvalue weighted by molar-refractivity contribution is -0.124. The van der Waals surface area contributed by atoms with Crippen molar-refractivity contribution < 1.29 is 9.90 Å². The Hall–Kier alpha value is -2.03. The zero-order valence-corrected chi connectivity index (χ0v) is 10.3. The minimum absolute atomic E-state index is 0.121. The normalized spacial score (nSPS) is 21.9. The maximum absolute atomic E-state index is 11.5. The van der Waals surface area contributed by atoms with Crippen LogP contribution in [0.5, 0.6) is 0 Å².